The van der Waals surface area contributed by atoms with E-state index < -0.39 is 0 Å². The van der Waals surface area contributed by atoms with Crippen molar-refractivity contribution in [2.75, 3.05) is 10.2 Å². The molecule has 254 valence electrons. The van der Waals surface area contributed by atoms with Crippen molar-refractivity contribution in [1.82, 2.24) is 0 Å². The summed E-state index contributed by atoms with van der Waals surface area (Å²) in [5.41, 5.74) is 8.07. The lowest BCUT2D eigenvalue weighted by Crippen LogP contribution is -2.10. The molecule has 2 nitrogen and oxygen atoms in total. The fourth-order valence-electron chi connectivity index (χ4n) is 8.05. The van der Waals surface area contributed by atoms with Gasteiger partial charge in [-0.3, -0.25) is 0 Å². The first-order valence-corrected chi connectivity index (χ1v) is 19.9. The van der Waals surface area contributed by atoms with E-state index in [9.17, 15) is 0 Å². The first-order valence-electron chi connectivity index (χ1n) is 18.2. The smallest absolute Gasteiger partial charge is 0.0540 e. The van der Waals surface area contributed by atoms with Crippen molar-refractivity contribution in [2.24, 2.45) is 0 Å². The lowest BCUT2D eigenvalue weighted by molar-refractivity contribution is 1.32. The molecule has 0 spiro atoms. The lowest BCUT2D eigenvalue weighted by Gasteiger charge is -2.28. The van der Waals surface area contributed by atoms with Gasteiger partial charge in [0.15, 0.2) is 0 Å². The first-order chi connectivity index (χ1) is 26.7. The van der Waals surface area contributed by atoms with Gasteiger partial charge in [-0.25, -0.2) is 0 Å². The van der Waals surface area contributed by atoms with Gasteiger partial charge in [0.1, 0.15) is 0 Å². The van der Waals surface area contributed by atoms with Gasteiger partial charge in [0.25, 0.3) is 0 Å². The van der Waals surface area contributed by atoms with E-state index in [0.29, 0.717) is 0 Å². The maximum absolute atomic E-state index is 3.68. The highest BCUT2D eigenvalue weighted by atomic mass is 32.1. The summed E-state index contributed by atoms with van der Waals surface area (Å²) >= 11 is 3.71. The van der Waals surface area contributed by atoms with Crippen LogP contribution in [0.5, 0.6) is 0 Å². The van der Waals surface area contributed by atoms with E-state index in [1.165, 1.54) is 84.4 Å². The topological polar surface area (TPSA) is 15.3 Å². The molecular weight excluding hydrogens is 693 g/mol. The van der Waals surface area contributed by atoms with Gasteiger partial charge >= 0.3 is 0 Å². The average Bonchev–Trinajstić information content (AvgIpc) is 3.78. The molecule has 0 fully saturated rings. The first kappa shape index (κ1) is 31.1. The molecule has 2 aromatic heterocycles. The lowest BCUT2D eigenvalue weighted by atomic mass is 10.0. The minimum absolute atomic E-state index is 1.08. The van der Waals surface area contributed by atoms with Crippen LogP contribution in [-0.2, 0) is 0 Å². The van der Waals surface area contributed by atoms with Gasteiger partial charge in [-0.05, 0) is 88.6 Å². The number of anilines is 5. The van der Waals surface area contributed by atoms with E-state index in [1.54, 1.807) is 0 Å². The molecule has 0 aliphatic rings. The molecule has 9 aromatic carbocycles. The summed E-state index contributed by atoms with van der Waals surface area (Å²) in [5.74, 6) is 0. The zero-order chi connectivity index (χ0) is 35.6. The van der Waals surface area contributed by atoms with Gasteiger partial charge in [0.2, 0.25) is 0 Å². The predicted molar refractivity (Wildman–Crippen MR) is 237 cm³/mol. The van der Waals surface area contributed by atoms with Crippen LogP contribution in [0.2, 0.25) is 0 Å². The highest BCUT2D eigenvalue weighted by molar-refractivity contribution is 7.26. The highest BCUT2D eigenvalue weighted by Gasteiger charge is 2.19. The van der Waals surface area contributed by atoms with Crippen LogP contribution in [0.15, 0.2) is 188 Å². The Bertz CT molecular complexity index is 3140. The number of hydrogen-bond acceptors (Lipinski definition) is 4. The van der Waals surface area contributed by atoms with E-state index in [-0.39, 0.29) is 0 Å². The third kappa shape index (κ3) is 5.22. The van der Waals surface area contributed by atoms with Crippen LogP contribution in [0.3, 0.4) is 0 Å². The molecule has 0 saturated heterocycles. The van der Waals surface area contributed by atoms with Crippen LogP contribution in [-0.4, -0.2) is 0 Å². The molecule has 0 bridgehead atoms. The minimum Gasteiger partial charge on any atom is -0.355 e. The largest absolute Gasteiger partial charge is 0.355 e. The highest BCUT2D eigenvalue weighted by Crippen LogP contribution is 2.45. The van der Waals surface area contributed by atoms with Crippen molar-refractivity contribution in [2.45, 2.75) is 0 Å². The van der Waals surface area contributed by atoms with Gasteiger partial charge in [-0.15, -0.1) is 22.7 Å². The van der Waals surface area contributed by atoms with Crippen molar-refractivity contribution in [1.29, 1.82) is 0 Å². The summed E-state index contributed by atoms with van der Waals surface area (Å²) < 4.78 is 5.19. The molecule has 1 N–H and O–H groups in total. The molecule has 0 unspecified atom stereocenters. The molecule has 2 heterocycles. The molecule has 4 heteroatoms. The Kier molecular flexibility index (Phi) is 7.25. The Morgan fingerprint density at radius 2 is 0.889 bits per heavy atom. The monoisotopic (exact) mass is 724 g/mol. The van der Waals surface area contributed by atoms with Crippen molar-refractivity contribution >= 4 is 113 Å². The average molecular weight is 725 g/mol. The fraction of sp³-hybridized carbons (Fsp3) is 0. The summed E-state index contributed by atoms with van der Waals surface area (Å²) in [6.45, 7) is 0. The van der Waals surface area contributed by atoms with Gasteiger partial charge in [0, 0.05) is 68.2 Å². The zero-order valence-corrected chi connectivity index (χ0v) is 30.8. The Labute approximate surface area is 320 Å². The number of nitrogens with one attached hydrogen (secondary N) is 1. The normalized spacial score (nSPS) is 11.7. The van der Waals surface area contributed by atoms with E-state index in [0.717, 1.165) is 17.1 Å². The molecule has 0 atom stereocenters. The minimum atomic E-state index is 1.08. The van der Waals surface area contributed by atoms with Crippen LogP contribution in [0.4, 0.5) is 28.4 Å². The molecule has 0 aliphatic carbocycles. The van der Waals surface area contributed by atoms with E-state index in [4.69, 9.17) is 0 Å². The van der Waals surface area contributed by atoms with Crippen LogP contribution in [0, 0.1) is 0 Å². The predicted octanol–water partition coefficient (Wildman–Crippen LogP) is 15.6. The SMILES string of the molecule is c1cc(Nc2ccc3c(c2)sc2ccccc23)cc(-c2ccc3sc4cc(N(c5cccc6ccccc56)c5cccc6ccccc56)ccc4c3c2)c1. The van der Waals surface area contributed by atoms with Gasteiger partial charge < -0.3 is 10.2 Å². The molecular formula is C50H32N2S2. The Hall–Kier alpha value is -6.46. The number of rotatable bonds is 6. The van der Waals surface area contributed by atoms with Crippen LogP contribution < -0.4 is 10.2 Å². The number of hydrogen-bond donors (Lipinski definition) is 1. The summed E-state index contributed by atoms with van der Waals surface area (Å²) in [4.78, 5) is 2.44. The van der Waals surface area contributed by atoms with Crippen molar-refractivity contribution in [3.63, 3.8) is 0 Å². The molecule has 0 radical (unpaired) electrons. The van der Waals surface area contributed by atoms with Gasteiger partial charge in [-0.1, -0.05) is 121 Å². The second-order valence-corrected chi connectivity index (χ2v) is 16.0. The third-order valence-electron chi connectivity index (χ3n) is 10.6. The summed E-state index contributed by atoms with van der Waals surface area (Å²) in [5, 5.41) is 13.8. The van der Waals surface area contributed by atoms with Crippen LogP contribution >= 0.6 is 22.7 Å². The van der Waals surface area contributed by atoms with Crippen LogP contribution in [0.1, 0.15) is 0 Å². The number of thiophene rings is 2. The molecule has 11 rings (SSSR count). The summed E-state index contributed by atoms with van der Waals surface area (Å²) in [6.07, 6.45) is 0. The molecule has 11 aromatic rings. The Balaban J connectivity index is 0.978. The van der Waals surface area contributed by atoms with Gasteiger partial charge in [-0.2, -0.15) is 0 Å². The zero-order valence-electron chi connectivity index (χ0n) is 29.2. The van der Waals surface area contributed by atoms with E-state index in [1.807, 2.05) is 22.7 Å². The van der Waals surface area contributed by atoms with Crippen molar-refractivity contribution in [3.05, 3.63) is 188 Å². The molecule has 0 saturated carbocycles. The number of benzene rings is 9. The second kappa shape index (κ2) is 12.6. The fourth-order valence-corrected chi connectivity index (χ4v) is 10.3. The van der Waals surface area contributed by atoms with Crippen molar-refractivity contribution < 1.29 is 0 Å². The Morgan fingerprint density at radius 3 is 1.67 bits per heavy atom. The molecule has 0 aliphatic heterocycles. The van der Waals surface area contributed by atoms with Crippen molar-refractivity contribution in [3.8, 4) is 11.1 Å². The quantitative estimate of drug-likeness (QED) is 0.184. The summed E-state index contributed by atoms with van der Waals surface area (Å²) in [6, 6.07) is 68.6. The maximum atomic E-state index is 3.68. The molecule has 0 amide bonds. The third-order valence-corrected chi connectivity index (χ3v) is 12.9. The number of nitrogens with zero attached hydrogens (tertiary/aromatic N) is 1. The Morgan fingerprint density at radius 1 is 0.333 bits per heavy atom. The van der Waals surface area contributed by atoms with E-state index in [2.05, 4.69) is 198 Å². The number of fused-ring (bicyclic) bond motifs is 8. The van der Waals surface area contributed by atoms with E-state index >= 15 is 0 Å². The van der Waals surface area contributed by atoms with Crippen LogP contribution in [0.25, 0.3) is 73.0 Å². The second-order valence-electron chi connectivity index (χ2n) is 13.8. The van der Waals surface area contributed by atoms with Gasteiger partial charge in [0.05, 0.1) is 11.4 Å². The standard InChI is InChI=1S/C50H32N2S2/c1-3-16-39-32(10-1)12-8-19-45(39)52(46-20-9-13-33-11-2-4-17-40(33)46)38-24-26-43-44-29-35(22-27-48(44)54-50(43)31-38)34-14-7-15-36(28-34)51-37-23-25-42-41-18-5-6-21-47(41)53-49(42)30-37/h1-31,51H. The maximum Gasteiger partial charge on any atom is 0.0540 e. The molecule has 54 heavy (non-hydrogen) atoms. The summed E-state index contributed by atoms with van der Waals surface area (Å²) in [7, 11) is 0.